The average Bonchev–Trinajstić information content (AvgIpc) is 2.52. The summed E-state index contributed by atoms with van der Waals surface area (Å²) in [5.41, 5.74) is 0. The Morgan fingerprint density at radius 3 is 2.32 bits per heavy atom. The second kappa shape index (κ2) is 9.43. The fourth-order valence-corrected chi connectivity index (χ4v) is 2.89. The lowest BCUT2D eigenvalue weighted by atomic mass is 9.87. The molecule has 6 nitrogen and oxygen atoms in total. The van der Waals surface area contributed by atoms with Gasteiger partial charge in [0.05, 0.1) is 6.54 Å². The van der Waals surface area contributed by atoms with E-state index in [4.69, 9.17) is 0 Å². The molecule has 0 aliphatic heterocycles. The van der Waals surface area contributed by atoms with Gasteiger partial charge in [0.15, 0.2) is 0 Å². The summed E-state index contributed by atoms with van der Waals surface area (Å²) in [5, 5.41) is 5.27. The van der Waals surface area contributed by atoms with Crippen LogP contribution in [0.4, 0.5) is 0 Å². The SMILES string of the molecule is CCN(CC(=O)NC)C(=O)[C@@H](C)NC(=O)CC1CCCCC1. The van der Waals surface area contributed by atoms with E-state index in [0.717, 1.165) is 12.8 Å². The van der Waals surface area contributed by atoms with E-state index < -0.39 is 6.04 Å². The highest BCUT2D eigenvalue weighted by Crippen LogP contribution is 2.26. The molecule has 0 saturated heterocycles. The van der Waals surface area contributed by atoms with E-state index in [-0.39, 0.29) is 24.3 Å². The number of hydrogen-bond acceptors (Lipinski definition) is 3. The van der Waals surface area contributed by atoms with Crippen LogP contribution in [0.25, 0.3) is 0 Å². The van der Waals surface area contributed by atoms with Gasteiger partial charge in [-0.2, -0.15) is 0 Å². The summed E-state index contributed by atoms with van der Waals surface area (Å²) in [6.07, 6.45) is 6.36. The Kier molecular flexibility index (Phi) is 7.91. The van der Waals surface area contributed by atoms with Crippen LogP contribution < -0.4 is 10.6 Å². The molecule has 0 unspecified atom stereocenters. The van der Waals surface area contributed by atoms with Gasteiger partial charge in [-0.05, 0) is 32.6 Å². The van der Waals surface area contributed by atoms with E-state index in [0.29, 0.717) is 18.9 Å². The Balaban J connectivity index is 2.43. The van der Waals surface area contributed by atoms with E-state index >= 15 is 0 Å². The topological polar surface area (TPSA) is 78.5 Å². The molecule has 1 atom stereocenters. The Hall–Kier alpha value is -1.59. The Labute approximate surface area is 133 Å². The number of amides is 3. The third-order valence-electron chi connectivity index (χ3n) is 4.25. The van der Waals surface area contributed by atoms with Crippen LogP contribution in [0.1, 0.15) is 52.4 Å². The second-order valence-corrected chi connectivity index (χ2v) is 6.02. The van der Waals surface area contributed by atoms with E-state index in [2.05, 4.69) is 10.6 Å². The number of likely N-dealkylation sites (N-methyl/N-ethyl adjacent to an activating group) is 2. The Morgan fingerprint density at radius 1 is 1.14 bits per heavy atom. The van der Waals surface area contributed by atoms with Crippen LogP contribution in [0.3, 0.4) is 0 Å². The lowest BCUT2D eigenvalue weighted by Gasteiger charge is -2.25. The lowest BCUT2D eigenvalue weighted by Crippen LogP contribution is -2.49. The van der Waals surface area contributed by atoms with Crippen molar-refractivity contribution < 1.29 is 14.4 Å². The molecule has 1 aliphatic carbocycles. The van der Waals surface area contributed by atoms with Crippen molar-refractivity contribution in [2.24, 2.45) is 5.92 Å². The molecule has 0 radical (unpaired) electrons. The quantitative estimate of drug-likeness (QED) is 0.738. The number of nitrogens with zero attached hydrogens (tertiary/aromatic N) is 1. The molecule has 0 aromatic heterocycles. The lowest BCUT2D eigenvalue weighted by molar-refractivity contribution is -0.138. The molecule has 1 fully saturated rings. The molecule has 1 aliphatic rings. The maximum absolute atomic E-state index is 12.3. The first-order valence-electron chi connectivity index (χ1n) is 8.26. The molecule has 6 heteroatoms. The molecule has 0 heterocycles. The molecule has 22 heavy (non-hydrogen) atoms. The number of carbonyl (C=O) groups is 3. The molecule has 3 amide bonds. The third kappa shape index (κ3) is 6.03. The standard InChI is InChI=1S/C16H29N3O3/c1-4-19(11-15(21)17-3)16(22)12(2)18-14(20)10-13-8-6-5-7-9-13/h12-13H,4-11H2,1-3H3,(H,17,21)(H,18,20)/t12-/m1/s1. The first-order chi connectivity index (χ1) is 10.5. The summed E-state index contributed by atoms with van der Waals surface area (Å²) < 4.78 is 0. The Morgan fingerprint density at radius 2 is 1.77 bits per heavy atom. The first-order valence-corrected chi connectivity index (χ1v) is 8.26. The maximum atomic E-state index is 12.3. The van der Waals surface area contributed by atoms with Crippen molar-refractivity contribution in [2.45, 2.75) is 58.4 Å². The van der Waals surface area contributed by atoms with Crippen LogP contribution in [-0.4, -0.2) is 48.8 Å². The van der Waals surface area contributed by atoms with Gasteiger partial charge in [0.2, 0.25) is 17.7 Å². The van der Waals surface area contributed by atoms with Crippen molar-refractivity contribution in [3.63, 3.8) is 0 Å². The van der Waals surface area contributed by atoms with Gasteiger partial charge in [0.25, 0.3) is 0 Å². The van der Waals surface area contributed by atoms with Gasteiger partial charge < -0.3 is 15.5 Å². The van der Waals surface area contributed by atoms with Crippen molar-refractivity contribution in [1.29, 1.82) is 0 Å². The van der Waals surface area contributed by atoms with E-state index in [1.54, 1.807) is 6.92 Å². The summed E-state index contributed by atoms with van der Waals surface area (Å²) in [5.74, 6) is -0.0491. The summed E-state index contributed by atoms with van der Waals surface area (Å²) >= 11 is 0. The predicted octanol–water partition coefficient (Wildman–Crippen LogP) is 1.06. The summed E-state index contributed by atoms with van der Waals surface area (Å²) in [7, 11) is 1.54. The zero-order chi connectivity index (χ0) is 16.5. The van der Waals surface area contributed by atoms with Crippen LogP contribution in [0, 0.1) is 5.92 Å². The fraction of sp³-hybridized carbons (Fsp3) is 0.812. The number of nitrogens with one attached hydrogen (secondary N) is 2. The highest BCUT2D eigenvalue weighted by atomic mass is 16.2. The molecular weight excluding hydrogens is 282 g/mol. The predicted molar refractivity (Wildman–Crippen MR) is 85.1 cm³/mol. The Bertz CT molecular complexity index is 392. The normalized spacial score (nSPS) is 16.7. The number of rotatable bonds is 7. The molecule has 1 saturated carbocycles. The van der Waals surface area contributed by atoms with Gasteiger partial charge in [-0.15, -0.1) is 0 Å². The largest absolute Gasteiger partial charge is 0.358 e. The minimum atomic E-state index is -0.597. The average molecular weight is 311 g/mol. The van der Waals surface area contributed by atoms with Crippen molar-refractivity contribution in [3.8, 4) is 0 Å². The van der Waals surface area contributed by atoms with Crippen molar-refractivity contribution >= 4 is 17.7 Å². The zero-order valence-corrected chi connectivity index (χ0v) is 14.0. The van der Waals surface area contributed by atoms with Crippen LogP contribution in [0.5, 0.6) is 0 Å². The second-order valence-electron chi connectivity index (χ2n) is 6.02. The number of hydrogen-bond donors (Lipinski definition) is 2. The van der Waals surface area contributed by atoms with E-state index in [9.17, 15) is 14.4 Å². The third-order valence-corrected chi connectivity index (χ3v) is 4.25. The molecule has 126 valence electrons. The minimum Gasteiger partial charge on any atom is -0.358 e. The molecule has 0 spiro atoms. The van der Waals surface area contributed by atoms with Gasteiger partial charge in [0.1, 0.15) is 6.04 Å². The first kappa shape index (κ1) is 18.5. The highest BCUT2D eigenvalue weighted by molar-refractivity contribution is 5.90. The highest BCUT2D eigenvalue weighted by Gasteiger charge is 2.24. The van der Waals surface area contributed by atoms with Gasteiger partial charge in [-0.1, -0.05) is 19.3 Å². The zero-order valence-electron chi connectivity index (χ0n) is 14.0. The fourth-order valence-electron chi connectivity index (χ4n) is 2.89. The van der Waals surface area contributed by atoms with Crippen molar-refractivity contribution in [1.82, 2.24) is 15.5 Å². The van der Waals surface area contributed by atoms with Crippen LogP contribution >= 0.6 is 0 Å². The number of carbonyl (C=O) groups excluding carboxylic acids is 3. The van der Waals surface area contributed by atoms with Gasteiger partial charge in [-0.25, -0.2) is 0 Å². The minimum absolute atomic E-state index is 0.0225. The molecule has 1 rings (SSSR count). The maximum Gasteiger partial charge on any atom is 0.245 e. The summed E-state index contributed by atoms with van der Waals surface area (Å²) in [4.78, 5) is 37.2. The van der Waals surface area contributed by atoms with Crippen LogP contribution in [0.2, 0.25) is 0 Å². The van der Waals surface area contributed by atoms with Crippen LogP contribution in [0.15, 0.2) is 0 Å². The van der Waals surface area contributed by atoms with E-state index in [1.807, 2.05) is 6.92 Å². The summed E-state index contributed by atoms with van der Waals surface area (Å²) in [6.45, 7) is 3.95. The molecule has 0 aromatic rings. The van der Waals surface area contributed by atoms with Crippen LogP contribution in [-0.2, 0) is 14.4 Å². The monoisotopic (exact) mass is 311 g/mol. The molecular formula is C16H29N3O3. The molecule has 0 bridgehead atoms. The molecule has 0 aromatic carbocycles. The molecule has 2 N–H and O–H groups in total. The van der Waals surface area contributed by atoms with Gasteiger partial charge >= 0.3 is 0 Å². The van der Waals surface area contributed by atoms with Gasteiger partial charge in [0, 0.05) is 20.0 Å². The van der Waals surface area contributed by atoms with Gasteiger partial charge in [-0.3, -0.25) is 14.4 Å². The van der Waals surface area contributed by atoms with Crippen molar-refractivity contribution in [2.75, 3.05) is 20.1 Å². The smallest absolute Gasteiger partial charge is 0.245 e. The van der Waals surface area contributed by atoms with E-state index in [1.165, 1.54) is 31.2 Å². The summed E-state index contributed by atoms with van der Waals surface area (Å²) in [6, 6.07) is -0.597. The van der Waals surface area contributed by atoms with Crippen molar-refractivity contribution in [3.05, 3.63) is 0 Å².